The molecule has 2 unspecified atom stereocenters. The van der Waals surface area contributed by atoms with Gasteiger partial charge in [0.15, 0.2) is 0 Å². The van der Waals surface area contributed by atoms with E-state index in [-0.39, 0.29) is 6.54 Å². The van der Waals surface area contributed by atoms with E-state index in [9.17, 15) is 15.0 Å². The van der Waals surface area contributed by atoms with Crippen LogP contribution in [-0.2, 0) is 4.74 Å². The molecule has 0 aliphatic rings. The molecular weight excluding hydrogens is 280 g/mol. The van der Waals surface area contributed by atoms with Gasteiger partial charge >= 0.3 is 6.09 Å². The van der Waals surface area contributed by atoms with E-state index in [2.05, 4.69) is 10.6 Å². The Bertz CT molecular complexity index is 442. The Hall–Kier alpha value is -1.15. The molecule has 0 aliphatic heterocycles. The standard InChI is InChI=1S/C13H22N2O4S/c1-13(2,3)19-12(18)15-10-5-8(7-20-10)11(17)9(16)6-14-4/h5,7,9,11,14,16-17H,6H2,1-4H3,(H,15,18). The van der Waals surface area contributed by atoms with E-state index < -0.39 is 23.9 Å². The van der Waals surface area contributed by atoms with Gasteiger partial charge in [-0.05, 0) is 44.8 Å². The summed E-state index contributed by atoms with van der Waals surface area (Å²) in [5.74, 6) is 0. The smallest absolute Gasteiger partial charge is 0.412 e. The Morgan fingerprint density at radius 1 is 1.45 bits per heavy atom. The highest BCUT2D eigenvalue weighted by Crippen LogP contribution is 2.27. The molecule has 0 radical (unpaired) electrons. The van der Waals surface area contributed by atoms with Crippen molar-refractivity contribution in [2.45, 2.75) is 38.6 Å². The van der Waals surface area contributed by atoms with Crippen LogP contribution >= 0.6 is 11.3 Å². The monoisotopic (exact) mass is 302 g/mol. The summed E-state index contributed by atoms with van der Waals surface area (Å²) >= 11 is 1.26. The van der Waals surface area contributed by atoms with Gasteiger partial charge in [0, 0.05) is 6.54 Å². The van der Waals surface area contributed by atoms with Crippen molar-refractivity contribution >= 4 is 22.4 Å². The van der Waals surface area contributed by atoms with Crippen LogP contribution in [0.4, 0.5) is 9.80 Å². The molecule has 1 amide bonds. The van der Waals surface area contributed by atoms with Crippen LogP contribution in [0.1, 0.15) is 32.4 Å². The third-order valence-corrected chi connectivity index (χ3v) is 3.23. The number of aliphatic hydroxyl groups is 2. The summed E-state index contributed by atoms with van der Waals surface area (Å²) in [7, 11) is 1.69. The Kier molecular flexibility index (Phi) is 5.94. The normalized spacial score (nSPS) is 14.7. The minimum Gasteiger partial charge on any atom is -0.444 e. The number of anilines is 1. The molecule has 6 nitrogen and oxygen atoms in total. The number of carbonyl (C=O) groups excluding carboxylic acids is 1. The molecule has 0 spiro atoms. The van der Waals surface area contributed by atoms with Crippen molar-refractivity contribution in [3.8, 4) is 0 Å². The Balaban J connectivity index is 2.61. The number of hydrogen-bond donors (Lipinski definition) is 4. The molecule has 0 aromatic carbocycles. The van der Waals surface area contributed by atoms with Crippen molar-refractivity contribution in [1.29, 1.82) is 0 Å². The predicted octanol–water partition coefficient (Wildman–Crippen LogP) is 1.71. The molecule has 1 aromatic rings. The average Bonchev–Trinajstić information content (AvgIpc) is 2.74. The summed E-state index contributed by atoms with van der Waals surface area (Å²) in [5.41, 5.74) is -0.00374. The lowest BCUT2D eigenvalue weighted by atomic mass is 10.1. The molecule has 0 fully saturated rings. The second-order valence-electron chi connectivity index (χ2n) is 5.44. The van der Waals surface area contributed by atoms with E-state index in [1.54, 1.807) is 39.3 Å². The summed E-state index contributed by atoms with van der Waals surface area (Å²) in [4.78, 5) is 11.6. The van der Waals surface area contributed by atoms with Crippen LogP contribution in [0.15, 0.2) is 11.4 Å². The van der Waals surface area contributed by atoms with Gasteiger partial charge in [-0.3, -0.25) is 5.32 Å². The Labute approximate surface area is 122 Å². The first-order valence-corrected chi connectivity index (χ1v) is 7.20. The summed E-state index contributed by atoms with van der Waals surface area (Å²) in [6, 6.07) is 1.62. The fourth-order valence-corrected chi connectivity index (χ4v) is 2.34. The zero-order chi connectivity index (χ0) is 15.3. The minimum absolute atomic E-state index is 0.284. The van der Waals surface area contributed by atoms with E-state index in [1.165, 1.54) is 11.3 Å². The van der Waals surface area contributed by atoms with Gasteiger partial charge in [-0.2, -0.15) is 0 Å². The molecule has 0 aliphatic carbocycles. The van der Waals surface area contributed by atoms with E-state index in [0.717, 1.165) is 0 Å². The van der Waals surface area contributed by atoms with Gasteiger partial charge in [-0.25, -0.2) is 4.79 Å². The number of rotatable bonds is 5. The van der Waals surface area contributed by atoms with Crippen LogP contribution in [0, 0.1) is 0 Å². The second kappa shape index (κ2) is 7.03. The molecule has 1 heterocycles. The third-order valence-electron chi connectivity index (χ3n) is 2.36. The zero-order valence-corrected chi connectivity index (χ0v) is 13.0. The molecule has 0 saturated carbocycles. The summed E-state index contributed by atoms with van der Waals surface area (Å²) in [6.45, 7) is 5.63. The minimum atomic E-state index is -0.993. The van der Waals surface area contributed by atoms with Crippen molar-refractivity contribution < 1.29 is 19.7 Å². The number of ether oxygens (including phenoxy) is 1. The molecule has 0 bridgehead atoms. The molecule has 114 valence electrons. The van der Waals surface area contributed by atoms with Gasteiger partial charge in [0.05, 0.1) is 11.1 Å². The van der Waals surface area contributed by atoms with Crippen molar-refractivity contribution in [2.24, 2.45) is 0 Å². The van der Waals surface area contributed by atoms with E-state index in [0.29, 0.717) is 10.6 Å². The fourth-order valence-electron chi connectivity index (χ4n) is 1.52. The molecule has 2 atom stereocenters. The summed E-state index contributed by atoms with van der Waals surface area (Å²) in [5, 5.41) is 27.3. The highest BCUT2D eigenvalue weighted by Gasteiger charge is 2.20. The van der Waals surface area contributed by atoms with Crippen molar-refractivity contribution in [1.82, 2.24) is 5.32 Å². The number of likely N-dealkylation sites (N-methyl/N-ethyl adjacent to an activating group) is 1. The number of nitrogens with one attached hydrogen (secondary N) is 2. The van der Waals surface area contributed by atoms with Gasteiger partial charge < -0.3 is 20.3 Å². The van der Waals surface area contributed by atoms with Crippen molar-refractivity contribution in [2.75, 3.05) is 18.9 Å². The lowest BCUT2D eigenvalue weighted by Gasteiger charge is -2.19. The summed E-state index contributed by atoms with van der Waals surface area (Å²) in [6.07, 6.45) is -2.44. The van der Waals surface area contributed by atoms with E-state index in [4.69, 9.17) is 4.74 Å². The predicted molar refractivity (Wildman–Crippen MR) is 79.1 cm³/mol. The first kappa shape index (κ1) is 16.9. The quantitative estimate of drug-likeness (QED) is 0.665. The highest BCUT2D eigenvalue weighted by molar-refractivity contribution is 7.14. The van der Waals surface area contributed by atoms with Gasteiger partial charge in [0.1, 0.15) is 11.7 Å². The van der Waals surface area contributed by atoms with Crippen molar-refractivity contribution in [3.63, 3.8) is 0 Å². The first-order valence-electron chi connectivity index (χ1n) is 6.32. The fraction of sp³-hybridized carbons (Fsp3) is 0.615. The lowest BCUT2D eigenvalue weighted by Crippen LogP contribution is -2.29. The van der Waals surface area contributed by atoms with Gasteiger partial charge in [-0.1, -0.05) is 0 Å². The molecule has 20 heavy (non-hydrogen) atoms. The van der Waals surface area contributed by atoms with Crippen LogP contribution in [0.5, 0.6) is 0 Å². The summed E-state index contributed by atoms with van der Waals surface area (Å²) < 4.78 is 5.13. The van der Waals surface area contributed by atoms with Crippen LogP contribution < -0.4 is 10.6 Å². The highest BCUT2D eigenvalue weighted by atomic mass is 32.1. The van der Waals surface area contributed by atoms with E-state index >= 15 is 0 Å². The maximum absolute atomic E-state index is 11.6. The lowest BCUT2D eigenvalue weighted by molar-refractivity contribution is 0.0205. The van der Waals surface area contributed by atoms with Crippen LogP contribution in [-0.4, -0.2) is 41.6 Å². The molecule has 7 heteroatoms. The number of aliphatic hydroxyl groups excluding tert-OH is 2. The van der Waals surface area contributed by atoms with Crippen molar-refractivity contribution in [3.05, 3.63) is 17.0 Å². The number of hydrogen-bond acceptors (Lipinski definition) is 6. The second-order valence-corrected chi connectivity index (χ2v) is 6.35. The number of thiophene rings is 1. The maximum Gasteiger partial charge on any atom is 0.412 e. The largest absolute Gasteiger partial charge is 0.444 e. The van der Waals surface area contributed by atoms with Gasteiger partial charge in [0.25, 0.3) is 0 Å². The molecule has 1 rings (SSSR count). The first-order chi connectivity index (χ1) is 9.23. The van der Waals surface area contributed by atoms with Gasteiger partial charge in [-0.15, -0.1) is 11.3 Å². The maximum atomic E-state index is 11.6. The molecular formula is C13H22N2O4S. The van der Waals surface area contributed by atoms with Crippen LogP contribution in [0.25, 0.3) is 0 Å². The Morgan fingerprint density at radius 3 is 2.65 bits per heavy atom. The zero-order valence-electron chi connectivity index (χ0n) is 12.1. The Morgan fingerprint density at radius 2 is 2.10 bits per heavy atom. The number of amides is 1. The molecule has 0 saturated heterocycles. The SMILES string of the molecule is CNCC(O)C(O)c1csc(NC(=O)OC(C)(C)C)c1. The third kappa shape index (κ3) is 5.46. The molecule has 1 aromatic heterocycles. The topological polar surface area (TPSA) is 90.8 Å². The number of carbonyl (C=O) groups is 1. The van der Waals surface area contributed by atoms with Gasteiger partial charge in [0.2, 0.25) is 0 Å². The average molecular weight is 302 g/mol. The molecule has 4 N–H and O–H groups in total. The van der Waals surface area contributed by atoms with Crippen LogP contribution in [0.3, 0.4) is 0 Å². The van der Waals surface area contributed by atoms with Crippen LogP contribution in [0.2, 0.25) is 0 Å². The van der Waals surface area contributed by atoms with E-state index in [1.807, 2.05) is 0 Å².